The van der Waals surface area contributed by atoms with Gasteiger partial charge in [0, 0.05) is 35.6 Å². The van der Waals surface area contributed by atoms with Gasteiger partial charge in [0.05, 0.1) is 17.2 Å². The minimum atomic E-state index is -0.411. The van der Waals surface area contributed by atoms with Crippen LogP contribution in [0.25, 0.3) is 0 Å². The number of hydrogen-bond acceptors (Lipinski definition) is 3. The van der Waals surface area contributed by atoms with Gasteiger partial charge in [0.15, 0.2) is 12.2 Å². The molecule has 3 atom stereocenters. The largest absolute Gasteiger partial charge is 0.301 e. The predicted molar refractivity (Wildman–Crippen MR) is 93.6 cm³/mol. The first-order valence-electron chi connectivity index (χ1n) is 8.25. The van der Waals surface area contributed by atoms with Crippen LogP contribution in [-0.2, 0) is 4.79 Å². The number of fused-ring (bicyclic) bond motifs is 1. The van der Waals surface area contributed by atoms with Gasteiger partial charge in [-0.05, 0) is 36.4 Å². The number of non-ortho nitro benzene ring substituents is 1. The highest BCUT2D eigenvalue weighted by molar-refractivity contribution is 6.30. The highest BCUT2D eigenvalue weighted by atomic mass is 35.5. The van der Waals surface area contributed by atoms with E-state index in [4.69, 9.17) is 11.6 Å². The normalized spacial score (nSPS) is 25.2. The molecule has 0 aromatic heterocycles. The second-order valence-corrected chi connectivity index (χ2v) is 6.89. The predicted octanol–water partition coefficient (Wildman–Crippen LogP) is 2.34. The Bertz CT molecular complexity index is 822. The molecule has 2 heterocycles. The Morgan fingerprint density at radius 2 is 1.80 bits per heavy atom. The summed E-state index contributed by atoms with van der Waals surface area (Å²) in [5.74, 6) is 0.109. The van der Waals surface area contributed by atoms with Crippen LogP contribution in [0.1, 0.15) is 24.6 Å². The molecule has 0 aliphatic carbocycles. The molecule has 2 fully saturated rings. The molecule has 0 spiro atoms. The molecule has 128 valence electrons. The van der Waals surface area contributed by atoms with Crippen LogP contribution in [-0.4, -0.2) is 23.4 Å². The number of carbonyl (C=O) groups is 1. The molecule has 25 heavy (non-hydrogen) atoms. The number of halogens is 1. The van der Waals surface area contributed by atoms with E-state index < -0.39 is 4.92 Å². The van der Waals surface area contributed by atoms with E-state index >= 15 is 0 Å². The summed E-state index contributed by atoms with van der Waals surface area (Å²) in [4.78, 5) is 26.5. The zero-order chi connectivity index (χ0) is 17.6. The van der Waals surface area contributed by atoms with Crippen molar-refractivity contribution >= 4 is 28.9 Å². The molecule has 1 N–H and O–H groups in total. The summed E-state index contributed by atoms with van der Waals surface area (Å²) < 4.78 is 0. The molecule has 2 aromatic rings. The van der Waals surface area contributed by atoms with E-state index in [9.17, 15) is 14.9 Å². The third-order valence-electron chi connectivity index (χ3n) is 5.08. The van der Waals surface area contributed by atoms with Gasteiger partial charge in [0.2, 0.25) is 0 Å². The first-order chi connectivity index (χ1) is 12.1. The first kappa shape index (κ1) is 16.1. The van der Waals surface area contributed by atoms with Crippen LogP contribution in [0.5, 0.6) is 0 Å². The summed E-state index contributed by atoms with van der Waals surface area (Å²) in [6.45, 7) is 0.919. The topological polar surface area (TPSA) is 67.9 Å². The van der Waals surface area contributed by atoms with E-state index in [2.05, 4.69) is 0 Å². The molecule has 2 aliphatic rings. The number of nitrogens with one attached hydrogen (secondary N) is 1. The second-order valence-electron chi connectivity index (χ2n) is 6.46. The fourth-order valence-corrected chi connectivity index (χ4v) is 4.09. The van der Waals surface area contributed by atoms with Crippen molar-refractivity contribution in [2.45, 2.75) is 25.0 Å². The van der Waals surface area contributed by atoms with Gasteiger partial charge in [-0.15, -0.1) is 0 Å². The van der Waals surface area contributed by atoms with Gasteiger partial charge in [0.25, 0.3) is 11.6 Å². The number of quaternary nitrogens is 1. The SMILES string of the molecule is O=C1[C@H]2CCC[NH+]2[C@@H](c2ccc([N+](=O)[O-])cc2)N1c1ccc(Cl)cc1. The molecule has 7 heteroatoms. The maximum atomic E-state index is 13.0. The fourth-order valence-electron chi connectivity index (χ4n) is 3.96. The summed E-state index contributed by atoms with van der Waals surface area (Å²) in [6.07, 6.45) is 1.73. The summed E-state index contributed by atoms with van der Waals surface area (Å²) in [6, 6.07) is 13.7. The monoisotopic (exact) mass is 358 g/mol. The zero-order valence-corrected chi connectivity index (χ0v) is 14.1. The Hall–Kier alpha value is -2.44. The highest BCUT2D eigenvalue weighted by Gasteiger charge is 2.53. The van der Waals surface area contributed by atoms with Crippen molar-refractivity contribution in [3.05, 3.63) is 69.2 Å². The lowest BCUT2D eigenvalue weighted by Gasteiger charge is -2.26. The number of benzene rings is 2. The molecule has 2 aromatic carbocycles. The minimum Gasteiger partial charge on any atom is -0.301 e. The van der Waals surface area contributed by atoms with Gasteiger partial charge in [0.1, 0.15) is 0 Å². The molecule has 0 saturated carbocycles. The zero-order valence-electron chi connectivity index (χ0n) is 13.4. The lowest BCUT2D eigenvalue weighted by atomic mass is 10.1. The molecule has 6 nitrogen and oxygen atoms in total. The van der Waals surface area contributed by atoms with Crippen LogP contribution in [0.4, 0.5) is 11.4 Å². The van der Waals surface area contributed by atoms with Gasteiger partial charge in [-0.25, -0.2) is 0 Å². The van der Waals surface area contributed by atoms with Crippen LogP contribution in [0.3, 0.4) is 0 Å². The van der Waals surface area contributed by atoms with E-state index in [1.54, 1.807) is 24.3 Å². The number of nitro groups is 1. The van der Waals surface area contributed by atoms with Crippen molar-refractivity contribution in [3.63, 3.8) is 0 Å². The van der Waals surface area contributed by atoms with E-state index in [0.29, 0.717) is 5.02 Å². The van der Waals surface area contributed by atoms with Crippen molar-refractivity contribution in [2.75, 3.05) is 11.4 Å². The Morgan fingerprint density at radius 3 is 2.44 bits per heavy atom. The number of rotatable bonds is 3. The van der Waals surface area contributed by atoms with Crippen LogP contribution in [0, 0.1) is 10.1 Å². The third kappa shape index (κ3) is 2.67. The molecule has 2 saturated heterocycles. The van der Waals surface area contributed by atoms with Crippen molar-refractivity contribution < 1.29 is 14.6 Å². The molecular formula is C18H17ClN3O3+. The number of carbonyl (C=O) groups excluding carboxylic acids is 1. The van der Waals surface area contributed by atoms with E-state index in [1.807, 2.05) is 17.0 Å². The van der Waals surface area contributed by atoms with Crippen LogP contribution in [0.2, 0.25) is 5.02 Å². The van der Waals surface area contributed by atoms with Gasteiger partial charge in [-0.1, -0.05) is 11.6 Å². The number of nitrogens with zero attached hydrogens (tertiary/aromatic N) is 2. The smallest absolute Gasteiger partial charge is 0.290 e. The van der Waals surface area contributed by atoms with Gasteiger partial charge >= 0.3 is 0 Å². The Kier molecular flexibility index (Phi) is 3.94. The Labute approximate surface area is 149 Å². The van der Waals surface area contributed by atoms with Gasteiger partial charge in [-0.2, -0.15) is 0 Å². The quantitative estimate of drug-likeness (QED) is 0.676. The lowest BCUT2D eigenvalue weighted by molar-refractivity contribution is -0.924. The highest BCUT2D eigenvalue weighted by Crippen LogP contribution is 2.32. The number of anilines is 1. The molecule has 4 rings (SSSR count). The van der Waals surface area contributed by atoms with Gasteiger partial charge in [-0.3, -0.25) is 19.8 Å². The summed E-state index contributed by atoms with van der Waals surface area (Å²) >= 11 is 5.98. The average molecular weight is 359 g/mol. The van der Waals surface area contributed by atoms with E-state index in [1.165, 1.54) is 17.0 Å². The summed E-state index contributed by atoms with van der Waals surface area (Å²) in [5.41, 5.74) is 1.77. The van der Waals surface area contributed by atoms with Crippen molar-refractivity contribution in [1.29, 1.82) is 0 Å². The maximum absolute atomic E-state index is 13.0. The van der Waals surface area contributed by atoms with Crippen molar-refractivity contribution in [3.8, 4) is 0 Å². The summed E-state index contributed by atoms with van der Waals surface area (Å²) in [5, 5.41) is 11.5. The van der Waals surface area contributed by atoms with Crippen LogP contribution >= 0.6 is 11.6 Å². The molecule has 2 aliphatic heterocycles. The van der Waals surface area contributed by atoms with E-state index in [0.717, 1.165) is 30.6 Å². The second kappa shape index (κ2) is 6.13. The average Bonchev–Trinajstić information content (AvgIpc) is 3.18. The molecule has 1 amide bonds. The van der Waals surface area contributed by atoms with Crippen molar-refractivity contribution in [1.82, 2.24) is 0 Å². The van der Waals surface area contributed by atoms with Crippen LogP contribution in [0.15, 0.2) is 48.5 Å². The third-order valence-corrected chi connectivity index (χ3v) is 5.33. The molecule has 0 radical (unpaired) electrons. The van der Waals surface area contributed by atoms with Crippen molar-refractivity contribution in [2.24, 2.45) is 0 Å². The molecule has 0 bridgehead atoms. The Balaban J connectivity index is 1.76. The number of nitro benzene ring substituents is 1. The maximum Gasteiger partial charge on any atom is 0.290 e. The van der Waals surface area contributed by atoms with E-state index in [-0.39, 0.29) is 23.8 Å². The Morgan fingerprint density at radius 1 is 1.12 bits per heavy atom. The van der Waals surface area contributed by atoms with Crippen LogP contribution < -0.4 is 9.80 Å². The first-order valence-corrected chi connectivity index (χ1v) is 8.62. The fraction of sp³-hybridized carbons (Fsp3) is 0.278. The number of hydrogen-bond donors (Lipinski definition) is 1. The molecule has 1 unspecified atom stereocenters. The minimum absolute atomic E-state index is 0.0455. The standard InChI is InChI=1S/C18H16ClN3O3/c19-13-5-9-14(10-6-13)21-17(20-11-1-2-16(20)18(21)23)12-3-7-15(8-4-12)22(24)25/h3-10,16-17H,1-2,11H2/p+1/t16-,17-/m1/s1. The van der Waals surface area contributed by atoms with Gasteiger partial charge < -0.3 is 4.90 Å². The molecular weight excluding hydrogens is 342 g/mol. The number of amides is 1. The summed E-state index contributed by atoms with van der Waals surface area (Å²) in [7, 11) is 0. The lowest BCUT2D eigenvalue weighted by Crippen LogP contribution is -3.12.